The van der Waals surface area contributed by atoms with E-state index in [1.54, 1.807) is 0 Å². The quantitative estimate of drug-likeness (QED) is 0.531. The number of hydrogen-bond acceptors (Lipinski definition) is 2. The third-order valence-electron chi connectivity index (χ3n) is 1.73. The van der Waals surface area contributed by atoms with Crippen molar-refractivity contribution in [2.45, 2.75) is 23.5 Å². The Morgan fingerprint density at radius 2 is 1.40 bits per heavy atom. The van der Waals surface area contributed by atoms with Crippen molar-refractivity contribution in [3.05, 3.63) is 0 Å². The summed E-state index contributed by atoms with van der Waals surface area (Å²) in [6, 6.07) is 0. The van der Waals surface area contributed by atoms with Gasteiger partial charge in [0.2, 0.25) is 0 Å². The van der Waals surface area contributed by atoms with Crippen LogP contribution < -0.4 is 0 Å². The van der Waals surface area contributed by atoms with E-state index in [0.29, 0.717) is 0 Å². The molecule has 0 aliphatic carbocycles. The van der Waals surface area contributed by atoms with Gasteiger partial charge in [0.25, 0.3) is 5.79 Å². The van der Waals surface area contributed by atoms with Crippen molar-refractivity contribution in [1.29, 1.82) is 0 Å². The zero-order valence-corrected chi connectivity index (χ0v) is 7.71. The molecule has 90 valence electrons. The van der Waals surface area contributed by atoms with Crippen molar-refractivity contribution in [2.75, 3.05) is 13.2 Å². The Morgan fingerprint density at radius 1 is 1.00 bits per heavy atom. The first-order valence-electron chi connectivity index (χ1n) is 3.67. The lowest BCUT2D eigenvalue weighted by Gasteiger charge is -2.34. The fraction of sp³-hybridized carbons (Fsp3) is 1.00. The summed E-state index contributed by atoms with van der Waals surface area (Å²) in [5, 5.41) is -3.28. The normalized spacial score (nSPS) is 24.2. The molecule has 0 aromatic rings. The van der Waals surface area contributed by atoms with Gasteiger partial charge in [-0.25, -0.2) is 0 Å². The molecule has 9 heteroatoms. The molecule has 1 atom stereocenters. The Labute approximate surface area is 85.1 Å². The topological polar surface area (TPSA) is 18.5 Å². The molecule has 0 aromatic carbocycles. The number of halogens is 7. The first-order valence-corrected chi connectivity index (χ1v) is 4.10. The maximum absolute atomic E-state index is 12.4. The van der Waals surface area contributed by atoms with Crippen LogP contribution in [0.3, 0.4) is 0 Å². The molecule has 0 aromatic heterocycles. The highest BCUT2D eigenvalue weighted by Gasteiger charge is 2.70. The van der Waals surface area contributed by atoms with E-state index in [2.05, 4.69) is 9.47 Å². The summed E-state index contributed by atoms with van der Waals surface area (Å²) in [6.07, 6.45) is -10.6. The van der Waals surface area contributed by atoms with Crippen molar-refractivity contribution in [3.63, 3.8) is 0 Å². The van der Waals surface area contributed by atoms with Gasteiger partial charge in [0.15, 0.2) is 5.38 Å². The number of rotatable bonds is 1. The van der Waals surface area contributed by atoms with Gasteiger partial charge in [-0.1, -0.05) is 0 Å². The second-order valence-electron chi connectivity index (χ2n) is 2.77. The first kappa shape index (κ1) is 12.9. The predicted octanol–water partition coefficient (Wildman–Crippen LogP) is 2.46. The van der Waals surface area contributed by atoms with Crippen molar-refractivity contribution in [1.82, 2.24) is 0 Å². The lowest BCUT2D eigenvalue weighted by Crippen LogP contribution is -2.58. The molecule has 1 aliphatic rings. The number of alkyl halides is 7. The Kier molecular flexibility index (Phi) is 3.15. The maximum Gasteiger partial charge on any atom is 0.445 e. The lowest BCUT2D eigenvalue weighted by atomic mass is 10.1. The molecule has 2 nitrogen and oxygen atoms in total. The van der Waals surface area contributed by atoms with Gasteiger partial charge in [-0.3, -0.25) is 0 Å². The number of ether oxygens (including phenoxy) is 2. The van der Waals surface area contributed by atoms with E-state index < -0.39 is 36.7 Å². The average Bonchev–Trinajstić information content (AvgIpc) is 2.48. The summed E-state index contributed by atoms with van der Waals surface area (Å²) >= 11 is 4.71. The van der Waals surface area contributed by atoms with Crippen LogP contribution in [-0.2, 0) is 9.47 Å². The fourth-order valence-corrected chi connectivity index (χ4v) is 1.35. The molecule has 1 heterocycles. The predicted molar refractivity (Wildman–Crippen MR) is 36.4 cm³/mol. The van der Waals surface area contributed by atoms with E-state index in [-0.39, 0.29) is 0 Å². The van der Waals surface area contributed by atoms with E-state index in [0.717, 1.165) is 0 Å². The smallest absolute Gasteiger partial charge is 0.339 e. The highest BCUT2D eigenvalue weighted by Crippen LogP contribution is 2.47. The second kappa shape index (κ2) is 3.67. The first-order chi connectivity index (χ1) is 6.61. The molecule has 0 amide bonds. The highest BCUT2D eigenvalue weighted by molar-refractivity contribution is 6.22. The van der Waals surface area contributed by atoms with Crippen LogP contribution in [0.2, 0.25) is 0 Å². The second-order valence-corrected chi connectivity index (χ2v) is 3.20. The largest absolute Gasteiger partial charge is 0.445 e. The zero-order chi connectivity index (χ0) is 11.9. The standard InChI is InChI=1S/C6H5ClF6O2/c7-3(5(8,9)10)4(6(11,12)13)14-1-2-15-4/h3H,1-2H2. The number of hydrogen-bond donors (Lipinski definition) is 0. The molecule has 1 unspecified atom stereocenters. The van der Waals surface area contributed by atoms with Crippen LogP contribution >= 0.6 is 11.6 Å². The van der Waals surface area contributed by atoms with Crippen molar-refractivity contribution in [3.8, 4) is 0 Å². The summed E-state index contributed by atoms with van der Waals surface area (Å²) in [4.78, 5) is 0. The van der Waals surface area contributed by atoms with Crippen molar-refractivity contribution in [2.24, 2.45) is 0 Å². The summed E-state index contributed by atoms with van der Waals surface area (Å²) in [5.74, 6) is -3.78. The van der Waals surface area contributed by atoms with Crippen LogP contribution in [0.5, 0.6) is 0 Å². The molecule has 0 spiro atoms. The third kappa shape index (κ3) is 2.16. The minimum atomic E-state index is -5.34. The van der Waals surface area contributed by atoms with E-state index in [1.165, 1.54) is 0 Å². The van der Waals surface area contributed by atoms with Gasteiger partial charge in [0, 0.05) is 0 Å². The van der Waals surface area contributed by atoms with Gasteiger partial charge in [-0.05, 0) is 0 Å². The van der Waals surface area contributed by atoms with Crippen molar-refractivity contribution >= 4 is 11.6 Å². The molecule has 1 fully saturated rings. The van der Waals surface area contributed by atoms with Crippen LogP contribution in [0.1, 0.15) is 0 Å². The molecule has 0 bridgehead atoms. The van der Waals surface area contributed by atoms with Crippen molar-refractivity contribution < 1.29 is 35.8 Å². The fourth-order valence-electron chi connectivity index (χ4n) is 1.10. The zero-order valence-electron chi connectivity index (χ0n) is 6.95. The average molecular weight is 259 g/mol. The van der Waals surface area contributed by atoms with Crippen LogP contribution in [0, 0.1) is 0 Å². The Morgan fingerprint density at radius 3 is 1.67 bits per heavy atom. The van der Waals surface area contributed by atoms with Crippen LogP contribution in [0.25, 0.3) is 0 Å². The molecule has 0 N–H and O–H groups in total. The van der Waals surface area contributed by atoms with E-state index >= 15 is 0 Å². The molecule has 0 radical (unpaired) electrons. The molecule has 1 aliphatic heterocycles. The molecule has 15 heavy (non-hydrogen) atoms. The molecule has 1 saturated heterocycles. The molecular formula is C6H5ClF6O2. The van der Waals surface area contributed by atoms with E-state index in [4.69, 9.17) is 11.6 Å². The van der Waals surface area contributed by atoms with Gasteiger partial charge in [-0.2, -0.15) is 26.3 Å². The molecule has 0 saturated carbocycles. The monoisotopic (exact) mass is 258 g/mol. The minimum Gasteiger partial charge on any atom is -0.339 e. The minimum absolute atomic E-state index is 0.585. The Balaban J connectivity index is 3.02. The van der Waals surface area contributed by atoms with E-state index in [1.807, 2.05) is 0 Å². The van der Waals surface area contributed by atoms with Gasteiger partial charge >= 0.3 is 12.4 Å². The van der Waals surface area contributed by atoms with Gasteiger partial charge in [0.1, 0.15) is 0 Å². The van der Waals surface area contributed by atoms with E-state index in [9.17, 15) is 26.3 Å². The van der Waals surface area contributed by atoms with Gasteiger partial charge in [-0.15, -0.1) is 11.6 Å². The highest BCUT2D eigenvalue weighted by atomic mass is 35.5. The summed E-state index contributed by atoms with van der Waals surface area (Å²) < 4.78 is 81.3. The van der Waals surface area contributed by atoms with Crippen LogP contribution in [-0.4, -0.2) is 36.7 Å². The van der Waals surface area contributed by atoms with Gasteiger partial charge in [0.05, 0.1) is 13.2 Å². The van der Waals surface area contributed by atoms with Crippen LogP contribution in [0.4, 0.5) is 26.3 Å². The third-order valence-corrected chi connectivity index (χ3v) is 2.27. The van der Waals surface area contributed by atoms with Gasteiger partial charge < -0.3 is 9.47 Å². The van der Waals surface area contributed by atoms with Crippen LogP contribution in [0.15, 0.2) is 0 Å². The molecule has 1 rings (SSSR count). The summed E-state index contributed by atoms with van der Waals surface area (Å²) in [5.41, 5.74) is 0. The summed E-state index contributed by atoms with van der Waals surface area (Å²) in [7, 11) is 0. The molecular weight excluding hydrogens is 254 g/mol. The SMILES string of the molecule is FC(F)(F)C(Cl)C1(C(F)(F)F)OCCO1. The Hall–Kier alpha value is -0.210. The summed E-state index contributed by atoms with van der Waals surface area (Å²) in [6.45, 7) is -1.17. The lowest BCUT2D eigenvalue weighted by molar-refractivity contribution is -0.365. The Bertz CT molecular complexity index is 231. The maximum atomic E-state index is 12.4.